The Morgan fingerprint density at radius 1 is 0.939 bits per heavy atom. The number of likely N-dealkylation sites (tertiary alicyclic amines) is 1. The van der Waals surface area contributed by atoms with Gasteiger partial charge in [0.15, 0.2) is 0 Å². The molecule has 5 aliphatic carbocycles. The minimum atomic E-state index is 0.360. The Balaban J connectivity index is 0.000000417. The number of aliphatic imine (C=N–C) groups is 1. The summed E-state index contributed by atoms with van der Waals surface area (Å²) in [5.41, 5.74) is 11.8. The molecule has 6 fully saturated rings. The van der Waals surface area contributed by atoms with Crippen molar-refractivity contribution in [3.63, 3.8) is 0 Å². The molecule has 0 N–H and O–H groups in total. The van der Waals surface area contributed by atoms with Crippen molar-refractivity contribution in [3.8, 4) is 0 Å². The zero-order chi connectivity index (χ0) is 34.2. The van der Waals surface area contributed by atoms with Gasteiger partial charge in [0, 0.05) is 42.8 Å². The fourth-order valence-corrected chi connectivity index (χ4v) is 9.73. The van der Waals surface area contributed by atoms with E-state index in [1.165, 1.54) is 130 Å². The second kappa shape index (κ2) is 14.2. The van der Waals surface area contributed by atoms with Gasteiger partial charge in [-0.1, -0.05) is 64.5 Å². The number of pyridine rings is 1. The lowest BCUT2D eigenvalue weighted by Crippen LogP contribution is -2.49. The molecular formula is C45H62N4. The molecule has 2 aliphatic heterocycles. The van der Waals surface area contributed by atoms with E-state index in [0.717, 1.165) is 42.9 Å². The number of rotatable bonds is 10. The van der Waals surface area contributed by atoms with Gasteiger partial charge in [0.25, 0.3) is 0 Å². The van der Waals surface area contributed by atoms with Crippen molar-refractivity contribution >= 4 is 11.5 Å². The third kappa shape index (κ3) is 7.35. The number of aryl methyl sites for hydroxylation is 2. The number of anilines is 1. The maximum absolute atomic E-state index is 5.01. The van der Waals surface area contributed by atoms with Gasteiger partial charge in [-0.15, -0.1) is 0 Å². The third-order valence-corrected chi connectivity index (χ3v) is 13.4. The molecule has 0 amide bonds. The summed E-state index contributed by atoms with van der Waals surface area (Å²) in [6, 6.07) is 11.9. The summed E-state index contributed by atoms with van der Waals surface area (Å²) in [4.78, 5) is 14.8. The van der Waals surface area contributed by atoms with Crippen molar-refractivity contribution in [2.75, 3.05) is 31.1 Å². The Morgan fingerprint density at radius 3 is 2.24 bits per heavy atom. The van der Waals surface area contributed by atoms with Crippen LogP contribution in [0, 0.1) is 30.1 Å². The van der Waals surface area contributed by atoms with E-state index in [-0.39, 0.29) is 0 Å². The Labute approximate surface area is 297 Å². The second-order valence-electron chi connectivity index (χ2n) is 17.0. The minimum Gasteiger partial charge on any atom is -0.375 e. The number of benzene rings is 1. The molecule has 2 aromatic rings. The molecule has 0 atom stereocenters. The predicted molar refractivity (Wildman–Crippen MR) is 207 cm³/mol. The molecule has 4 nitrogen and oxygen atoms in total. The van der Waals surface area contributed by atoms with Gasteiger partial charge in [-0.05, 0) is 154 Å². The molecule has 2 bridgehead atoms. The first-order valence-electron chi connectivity index (χ1n) is 19.9. The number of aromatic nitrogens is 1. The van der Waals surface area contributed by atoms with E-state index in [1.807, 2.05) is 6.20 Å². The van der Waals surface area contributed by atoms with Gasteiger partial charge in [0.2, 0.25) is 0 Å². The van der Waals surface area contributed by atoms with E-state index < -0.39 is 0 Å². The summed E-state index contributed by atoms with van der Waals surface area (Å²) in [7, 11) is 0. The zero-order valence-electron chi connectivity index (χ0n) is 31.2. The van der Waals surface area contributed by atoms with E-state index in [2.05, 4.69) is 80.5 Å². The van der Waals surface area contributed by atoms with Crippen LogP contribution in [0.1, 0.15) is 126 Å². The monoisotopic (exact) mass is 658 g/mol. The van der Waals surface area contributed by atoms with Crippen LogP contribution in [0.4, 0.5) is 5.82 Å². The number of hydrogen-bond acceptors (Lipinski definition) is 4. The predicted octanol–water partition coefficient (Wildman–Crippen LogP) is 10.8. The molecule has 1 aromatic carbocycles. The molecule has 0 spiro atoms. The highest BCUT2D eigenvalue weighted by atomic mass is 15.2. The largest absolute Gasteiger partial charge is 0.375 e. The van der Waals surface area contributed by atoms with Gasteiger partial charge in [-0.25, -0.2) is 4.98 Å². The van der Waals surface area contributed by atoms with Gasteiger partial charge in [-0.2, -0.15) is 0 Å². The molecule has 1 saturated heterocycles. The van der Waals surface area contributed by atoms with Gasteiger partial charge in [-0.3, -0.25) is 4.99 Å². The standard InChI is InChI=1S/C38H49N3.C7H13N/c1-4-29-12-13-34(22-27(29)2)38-18-15-37(16-19-38,17-20-38)26-41(28(3)30-8-6-5-7-9-30)36-24-32(14-21-39-36)35-23-33(25-40-35)31-10-11-31;1-6(2)8-4-7(3)5-8/h12-14,21-24,30-31H,3-11,15-20,25-26H2,1-2H3;7H,1,4-5H2,2-3H3. The van der Waals surface area contributed by atoms with Crippen molar-refractivity contribution in [3.05, 3.63) is 95.0 Å². The van der Waals surface area contributed by atoms with Gasteiger partial charge >= 0.3 is 0 Å². The van der Waals surface area contributed by atoms with E-state index in [0.29, 0.717) is 16.7 Å². The molecule has 262 valence electrons. The van der Waals surface area contributed by atoms with Crippen LogP contribution < -0.4 is 4.90 Å². The molecular weight excluding hydrogens is 597 g/mol. The summed E-state index contributed by atoms with van der Waals surface area (Å²) in [6.07, 6.45) is 22.7. The number of fused-ring (bicyclic) bond motifs is 3. The zero-order valence-corrected chi connectivity index (χ0v) is 31.2. The van der Waals surface area contributed by atoms with Crippen LogP contribution >= 0.6 is 0 Å². The van der Waals surface area contributed by atoms with Gasteiger partial charge < -0.3 is 9.80 Å². The first-order chi connectivity index (χ1) is 23.7. The second-order valence-corrected chi connectivity index (χ2v) is 17.0. The van der Waals surface area contributed by atoms with Crippen LogP contribution in [0.3, 0.4) is 0 Å². The maximum atomic E-state index is 5.01. The van der Waals surface area contributed by atoms with Crippen molar-refractivity contribution in [2.24, 2.45) is 28.2 Å². The van der Waals surface area contributed by atoms with Crippen LogP contribution in [-0.4, -0.2) is 41.8 Å². The molecule has 3 heterocycles. The van der Waals surface area contributed by atoms with E-state index in [9.17, 15) is 0 Å². The maximum Gasteiger partial charge on any atom is 0.133 e. The van der Waals surface area contributed by atoms with Crippen molar-refractivity contribution in [2.45, 2.75) is 123 Å². The van der Waals surface area contributed by atoms with Crippen LogP contribution in [0.5, 0.6) is 0 Å². The summed E-state index contributed by atoms with van der Waals surface area (Å²) >= 11 is 0. The lowest BCUT2D eigenvalue weighted by molar-refractivity contribution is 0.0459. The molecule has 4 heteroatoms. The fourth-order valence-electron chi connectivity index (χ4n) is 9.73. The van der Waals surface area contributed by atoms with E-state index in [4.69, 9.17) is 16.6 Å². The van der Waals surface area contributed by atoms with Crippen molar-refractivity contribution in [1.29, 1.82) is 0 Å². The first kappa shape index (κ1) is 34.3. The summed E-state index contributed by atoms with van der Waals surface area (Å²) in [5.74, 6) is 3.36. The summed E-state index contributed by atoms with van der Waals surface area (Å²) in [5, 5.41) is 0. The van der Waals surface area contributed by atoms with Crippen molar-refractivity contribution < 1.29 is 0 Å². The highest BCUT2D eigenvalue weighted by molar-refractivity contribution is 6.10. The van der Waals surface area contributed by atoms with Crippen molar-refractivity contribution in [1.82, 2.24) is 9.88 Å². The van der Waals surface area contributed by atoms with Gasteiger partial charge in [0.05, 0.1) is 12.3 Å². The van der Waals surface area contributed by atoms with Gasteiger partial charge in [0.1, 0.15) is 5.82 Å². The van der Waals surface area contributed by atoms with E-state index in [1.54, 1.807) is 5.56 Å². The lowest BCUT2D eigenvalue weighted by atomic mass is 9.51. The lowest BCUT2D eigenvalue weighted by Gasteiger charge is -2.55. The highest BCUT2D eigenvalue weighted by Gasteiger charge is 2.50. The van der Waals surface area contributed by atoms with Crippen LogP contribution in [-0.2, 0) is 11.8 Å². The Kier molecular flexibility index (Phi) is 9.97. The highest BCUT2D eigenvalue weighted by Crippen LogP contribution is 2.58. The Hall–Kier alpha value is -3.14. The Morgan fingerprint density at radius 2 is 1.65 bits per heavy atom. The fraction of sp³-hybridized carbons (Fsp3) is 0.600. The average molecular weight is 659 g/mol. The molecule has 49 heavy (non-hydrogen) atoms. The Bertz CT molecular complexity index is 1570. The third-order valence-electron chi connectivity index (χ3n) is 13.4. The molecule has 0 unspecified atom stereocenters. The molecule has 9 rings (SSSR count). The molecule has 5 saturated carbocycles. The van der Waals surface area contributed by atoms with Crippen LogP contribution in [0.2, 0.25) is 0 Å². The number of allylic oxidation sites excluding steroid dienone is 3. The molecule has 7 aliphatic rings. The van der Waals surface area contributed by atoms with Crippen LogP contribution in [0.15, 0.2) is 77.7 Å². The molecule has 1 aromatic heterocycles. The smallest absolute Gasteiger partial charge is 0.133 e. The summed E-state index contributed by atoms with van der Waals surface area (Å²) in [6.45, 7) is 21.9. The quantitative estimate of drug-likeness (QED) is 0.255. The topological polar surface area (TPSA) is 31.7 Å². The van der Waals surface area contributed by atoms with E-state index >= 15 is 0 Å². The van der Waals surface area contributed by atoms with Crippen LogP contribution in [0.25, 0.3) is 0 Å². The average Bonchev–Trinajstić information content (AvgIpc) is 3.86. The normalized spacial score (nSPS) is 26.7. The number of nitrogens with zero attached hydrogens (tertiary/aromatic N) is 4. The SMILES string of the molecule is C=C(C)N1CC(C)C1.C=C(C1CCCCC1)N(CC12CCC(c3ccc(CC)c(C)c3)(CC1)CC2)c1cc(C2=NCC(C3CC3)=C2)ccn1. The first-order valence-corrected chi connectivity index (χ1v) is 19.9. The minimum absolute atomic E-state index is 0.360. The number of hydrogen-bond donors (Lipinski definition) is 0. The molecule has 0 radical (unpaired) electrons. The summed E-state index contributed by atoms with van der Waals surface area (Å²) < 4.78 is 0.